The van der Waals surface area contributed by atoms with Crippen molar-refractivity contribution in [2.75, 3.05) is 19.6 Å². The fourth-order valence-corrected chi connectivity index (χ4v) is 5.23. The first-order valence-corrected chi connectivity index (χ1v) is 10.5. The molecule has 1 aliphatic carbocycles. The fraction of sp³-hybridized carbons (Fsp3) is 0.611. The van der Waals surface area contributed by atoms with E-state index in [4.69, 9.17) is 0 Å². The Balaban J connectivity index is 0.00000243. The lowest BCUT2D eigenvalue weighted by Gasteiger charge is -2.34. The van der Waals surface area contributed by atoms with Gasteiger partial charge in [-0.15, -0.1) is 12.4 Å². The first kappa shape index (κ1) is 21.2. The number of aryl methyl sites for hydroxylation is 1. The van der Waals surface area contributed by atoms with Crippen LogP contribution in [-0.4, -0.2) is 50.9 Å². The summed E-state index contributed by atoms with van der Waals surface area (Å²) in [5, 5.41) is 3.26. The van der Waals surface area contributed by atoms with Crippen LogP contribution in [0.5, 0.6) is 0 Å². The van der Waals surface area contributed by atoms with Crippen LogP contribution in [0.2, 0.25) is 0 Å². The number of nitrogens with zero attached hydrogens (tertiary/aromatic N) is 1. The van der Waals surface area contributed by atoms with E-state index in [0.29, 0.717) is 17.7 Å². The highest BCUT2D eigenvalue weighted by Gasteiger charge is 2.27. The smallest absolute Gasteiger partial charge is 0.254 e. The molecule has 2 N–H and O–H groups in total. The van der Waals surface area contributed by atoms with Gasteiger partial charge in [-0.05, 0) is 44.4 Å². The molecule has 1 amide bonds. The lowest BCUT2D eigenvalue weighted by molar-refractivity contribution is 0.0655. The second-order valence-electron chi connectivity index (χ2n) is 7.13. The molecule has 6 nitrogen and oxygen atoms in total. The molecule has 0 spiro atoms. The summed E-state index contributed by atoms with van der Waals surface area (Å²) in [7, 11) is -3.61. The van der Waals surface area contributed by atoms with Gasteiger partial charge in [0.1, 0.15) is 0 Å². The van der Waals surface area contributed by atoms with Crippen molar-refractivity contribution in [3.8, 4) is 0 Å². The summed E-state index contributed by atoms with van der Waals surface area (Å²) in [4.78, 5) is 14.9. The minimum absolute atomic E-state index is 0. The highest BCUT2D eigenvalue weighted by molar-refractivity contribution is 7.89. The van der Waals surface area contributed by atoms with Crippen molar-refractivity contribution in [2.45, 2.75) is 56.5 Å². The van der Waals surface area contributed by atoms with Crippen molar-refractivity contribution < 1.29 is 13.2 Å². The summed E-state index contributed by atoms with van der Waals surface area (Å²) < 4.78 is 28.4. The van der Waals surface area contributed by atoms with Crippen molar-refractivity contribution in [3.63, 3.8) is 0 Å². The standard InChI is InChI=1S/C18H27N3O3S.ClH/c1-13-7-8-15(18(22)21-10-9-19-12-14(21)2)11-17(13)25(23,24)20-16-5-3-4-6-16;/h7-8,11,14,16,19-20H,3-6,9-10,12H2,1-2H3;1H/t14-;/m0./s1. The third-order valence-corrected chi connectivity index (χ3v) is 6.83. The topological polar surface area (TPSA) is 78.5 Å². The van der Waals surface area contributed by atoms with Gasteiger partial charge in [-0.3, -0.25) is 4.79 Å². The predicted octanol–water partition coefficient (Wildman–Crippen LogP) is 2.07. The monoisotopic (exact) mass is 401 g/mol. The van der Waals surface area contributed by atoms with E-state index in [-0.39, 0.29) is 35.3 Å². The van der Waals surface area contributed by atoms with Crippen molar-refractivity contribution in [3.05, 3.63) is 29.3 Å². The van der Waals surface area contributed by atoms with Gasteiger partial charge in [0.25, 0.3) is 5.91 Å². The summed E-state index contributed by atoms with van der Waals surface area (Å²) in [6.45, 7) is 5.92. The number of amides is 1. The first-order chi connectivity index (χ1) is 11.9. The molecular formula is C18H28ClN3O3S. The van der Waals surface area contributed by atoms with E-state index >= 15 is 0 Å². The molecule has 2 fully saturated rings. The fourth-order valence-electron chi connectivity index (χ4n) is 3.66. The molecule has 1 aromatic carbocycles. The average Bonchev–Trinajstić information content (AvgIpc) is 3.07. The molecule has 0 radical (unpaired) electrons. The van der Waals surface area contributed by atoms with Crippen LogP contribution in [-0.2, 0) is 10.0 Å². The maximum atomic E-state index is 12.8. The maximum Gasteiger partial charge on any atom is 0.254 e. The van der Waals surface area contributed by atoms with Gasteiger partial charge in [-0.1, -0.05) is 18.9 Å². The van der Waals surface area contributed by atoms with E-state index in [2.05, 4.69) is 10.0 Å². The molecule has 1 heterocycles. The quantitative estimate of drug-likeness (QED) is 0.809. The third-order valence-electron chi connectivity index (χ3n) is 5.16. The van der Waals surface area contributed by atoms with Gasteiger partial charge in [0, 0.05) is 37.3 Å². The van der Waals surface area contributed by atoms with Gasteiger partial charge in [0.05, 0.1) is 4.90 Å². The summed E-state index contributed by atoms with van der Waals surface area (Å²) in [6.07, 6.45) is 3.89. The lowest BCUT2D eigenvalue weighted by atomic mass is 10.1. The number of hydrogen-bond donors (Lipinski definition) is 2. The second-order valence-corrected chi connectivity index (χ2v) is 8.82. The Morgan fingerprint density at radius 3 is 2.62 bits per heavy atom. The number of sulfonamides is 1. The molecule has 8 heteroatoms. The van der Waals surface area contributed by atoms with Crippen LogP contribution in [0.15, 0.2) is 23.1 Å². The zero-order chi connectivity index (χ0) is 18.0. The van der Waals surface area contributed by atoms with E-state index in [0.717, 1.165) is 38.8 Å². The van der Waals surface area contributed by atoms with Crippen LogP contribution in [0.1, 0.15) is 48.5 Å². The summed E-state index contributed by atoms with van der Waals surface area (Å²) >= 11 is 0. The predicted molar refractivity (Wildman–Crippen MR) is 104 cm³/mol. The van der Waals surface area contributed by atoms with Gasteiger partial charge in [-0.25, -0.2) is 13.1 Å². The number of hydrogen-bond acceptors (Lipinski definition) is 4. The highest BCUT2D eigenvalue weighted by atomic mass is 35.5. The minimum atomic E-state index is -3.61. The Hall–Kier alpha value is -1.15. The van der Waals surface area contributed by atoms with Gasteiger partial charge in [0.2, 0.25) is 10.0 Å². The molecule has 146 valence electrons. The number of carbonyl (C=O) groups is 1. The molecule has 0 aromatic heterocycles. The number of halogens is 1. The molecule has 1 aliphatic heterocycles. The van der Waals surface area contributed by atoms with E-state index in [9.17, 15) is 13.2 Å². The van der Waals surface area contributed by atoms with Crippen LogP contribution >= 0.6 is 12.4 Å². The van der Waals surface area contributed by atoms with Crippen molar-refractivity contribution in [1.29, 1.82) is 0 Å². The van der Waals surface area contributed by atoms with Crippen LogP contribution in [0.25, 0.3) is 0 Å². The van der Waals surface area contributed by atoms with Gasteiger partial charge in [-0.2, -0.15) is 0 Å². The zero-order valence-electron chi connectivity index (χ0n) is 15.3. The molecule has 1 saturated heterocycles. The Morgan fingerprint density at radius 2 is 1.96 bits per heavy atom. The lowest BCUT2D eigenvalue weighted by Crippen LogP contribution is -2.52. The molecule has 26 heavy (non-hydrogen) atoms. The Kier molecular flexibility index (Phi) is 7.07. The van der Waals surface area contributed by atoms with Crippen LogP contribution in [0.3, 0.4) is 0 Å². The first-order valence-electron chi connectivity index (χ1n) is 9.03. The SMILES string of the molecule is Cc1ccc(C(=O)N2CCNC[C@@H]2C)cc1S(=O)(=O)NC1CCCC1.Cl. The molecule has 1 aromatic rings. The molecule has 1 saturated carbocycles. The number of rotatable bonds is 4. The maximum absolute atomic E-state index is 12.8. The summed E-state index contributed by atoms with van der Waals surface area (Å²) in [6, 6.07) is 5.09. The van der Waals surface area contributed by atoms with E-state index in [1.165, 1.54) is 6.07 Å². The Morgan fingerprint density at radius 1 is 1.27 bits per heavy atom. The van der Waals surface area contributed by atoms with Crippen LogP contribution < -0.4 is 10.0 Å². The van der Waals surface area contributed by atoms with Gasteiger partial charge < -0.3 is 10.2 Å². The molecular weight excluding hydrogens is 374 g/mol. The minimum Gasteiger partial charge on any atom is -0.333 e. The van der Waals surface area contributed by atoms with Crippen molar-refractivity contribution in [1.82, 2.24) is 14.9 Å². The van der Waals surface area contributed by atoms with E-state index in [1.807, 2.05) is 11.8 Å². The van der Waals surface area contributed by atoms with Crippen molar-refractivity contribution >= 4 is 28.3 Å². The number of carbonyl (C=O) groups excluding carboxylic acids is 1. The van der Waals surface area contributed by atoms with Crippen LogP contribution in [0, 0.1) is 6.92 Å². The largest absolute Gasteiger partial charge is 0.333 e. The van der Waals surface area contributed by atoms with E-state index < -0.39 is 10.0 Å². The number of benzene rings is 1. The van der Waals surface area contributed by atoms with Gasteiger partial charge in [0.15, 0.2) is 0 Å². The summed E-state index contributed by atoms with van der Waals surface area (Å²) in [5.74, 6) is -0.105. The van der Waals surface area contributed by atoms with Gasteiger partial charge >= 0.3 is 0 Å². The highest BCUT2D eigenvalue weighted by Crippen LogP contribution is 2.23. The third kappa shape index (κ3) is 4.57. The molecule has 0 bridgehead atoms. The normalized spacial score (nSPS) is 21.5. The molecule has 0 unspecified atom stereocenters. The molecule has 3 rings (SSSR count). The Bertz CT molecular complexity index is 748. The van der Waals surface area contributed by atoms with Crippen molar-refractivity contribution in [2.24, 2.45) is 0 Å². The number of nitrogens with one attached hydrogen (secondary N) is 2. The molecule has 2 aliphatic rings. The molecule has 1 atom stereocenters. The van der Waals surface area contributed by atoms with E-state index in [1.54, 1.807) is 19.1 Å². The number of piperazine rings is 1. The van der Waals surface area contributed by atoms with Crippen LogP contribution in [0.4, 0.5) is 0 Å². The zero-order valence-corrected chi connectivity index (χ0v) is 17.0. The summed E-state index contributed by atoms with van der Waals surface area (Å²) in [5.41, 5.74) is 1.10. The average molecular weight is 402 g/mol. The Labute approximate surface area is 162 Å². The second kappa shape index (κ2) is 8.69.